The highest BCUT2D eigenvalue weighted by Gasteiger charge is 2.29. The van der Waals surface area contributed by atoms with E-state index in [1.807, 2.05) is 21.9 Å². The number of rotatable bonds is 5. The van der Waals surface area contributed by atoms with E-state index in [1.165, 1.54) is 12.5 Å². The van der Waals surface area contributed by atoms with Gasteiger partial charge in [0.1, 0.15) is 5.82 Å². The van der Waals surface area contributed by atoms with E-state index in [2.05, 4.69) is 10.3 Å². The molecule has 1 N–H and O–H groups in total. The summed E-state index contributed by atoms with van der Waals surface area (Å²) in [6.45, 7) is 5.40. The van der Waals surface area contributed by atoms with Crippen molar-refractivity contribution >= 4 is 23.9 Å². The minimum atomic E-state index is -0.357. The number of hydrogen-bond donors (Lipinski definition) is 1. The summed E-state index contributed by atoms with van der Waals surface area (Å²) in [6.07, 6.45) is 9.17. The number of piperidine rings is 1. The second-order valence-corrected chi connectivity index (χ2v) is 6.97. The van der Waals surface area contributed by atoms with Crippen LogP contribution in [0.3, 0.4) is 0 Å². The molecule has 0 spiro atoms. The van der Waals surface area contributed by atoms with E-state index in [0.29, 0.717) is 13.2 Å². The quantitative estimate of drug-likeness (QED) is 0.635. The Bertz CT molecular complexity index is 668. The minimum Gasteiger partial charge on any atom is -0.463 e. The number of carbonyl (C=O) groups excluding carboxylic acids is 2. The second-order valence-electron chi connectivity index (χ2n) is 6.97. The Hall–Kier alpha value is -2.57. The molecule has 0 saturated carbocycles. The molecule has 2 fully saturated rings. The summed E-state index contributed by atoms with van der Waals surface area (Å²) in [4.78, 5) is 32.2. The van der Waals surface area contributed by atoms with Crippen LogP contribution in [-0.2, 0) is 9.53 Å². The molecule has 0 aliphatic carbocycles. The first-order valence-electron chi connectivity index (χ1n) is 9.77. The van der Waals surface area contributed by atoms with Gasteiger partial charge in [-0.2, -0.15) is 0 Å². The van der Waals surface area contributed by atoms with Crippen molar-refractivity contribution in [3.63, 3.8) is 0 Å². The SMILES string of the molecule is CCOC(=O)/C=C/c1ccc(N[C@@H]2CCN(C(=O)N3CCCCC3)C2)nc1. The lowest BCUT2D eigenvalue weighted by molar-refractivity contribution is -0.137. The van der Waals surface area contributed by atoms with Gasteiger partial charge in [0.15, 0.2) is 0 Å². The van der Waals surface area contributed by atoms with Crippen LogP contribution in [0.4, 0.5) is 10.6 Å². The number of nitrogens with zero attached hydrogens (tertiary/aromatic N) is 3. The average molecular weight is 372 g/mol. The first-order valence-corrected chi connectivity index (χ1v) is 9.77. The number of likely N-dealkylation sites (tertiary alicyclic amines) is 2. The molecular formula is C20H28N4O3. The fraction of sp³-hybridized carbons (Fsp3) is 0.550. The lowest BCUT2D eigenvalue weighted by Crippen LogP contribution is -2.45. The van der Waals surface area contributed by atoms with Crippen LogP contribution in [0, 0.1) is 0 Å². The molecule has 7 heteroatoms. The third kappa shape index (κ3) is 5.45. The van der Waals surface area contributed by atoms with Crippen molar-refractivity contribution in [3.8, 4) is 0 Å². The fourth-order valence-corrected chi connectivity index (χ4v) is 3.49. The zero-order chi connectivity index (χ0) is 19.1. The molecule has 1 aromatic heterocycles. The highest BCUT2D eigenvalue weighted by molar-refractivity contribution is 5.87. The number of esters is 1. The van der Waals surface area contributed by atoms with Crippen LogP contribution in [-0.4, -0.2) is 65.6 Å². The van der Waals surface area contributed by atoms with E-state index in [-0.39, 0.29) is 18.0 Å². The molecule has 1 aromatic rings. The van der Waals surface area contributed by atoms with E-state index in [0.717, 1.165) is 50.3 Å². The van der Waals surface area contributed by atoms with E-state index in [1.54, 1.807) is 19.2 Å². The number of urea groups is 1. The monoisotopic (exact) mass is 372 g/mol. The van der Waals surface area contributed by atoms with Crippen molar-refractivity contribution in [1.82, 2.24) is 14.8 Å². The van der Waals surface area contributed by atoms with E-state index < -0.39 is 0 Å². The Kier molecular flexibility index (Phi) is 6.68. The Labute approximate surface area is 160 Å². The van der Waals surface area contributed by atoms with Gasteiger partial charge >= 0.3 is 12.0 Å². The highest BCUT2D eigenvalue weighted by Crippen LogP contribution is 2.18. The van der Waals surface area contributed by atoms with Gasteiger partial charge in [0.25, 0.3) is 0 Å². The molecule has 2 aliphatic heterocycles. The molecule has 1 atom stereocenters. The minimum absolute atomic E-state index is 0.173. The number of nitrogens with one attached hydrogen (secondary N) is 1. The molecule has 0 aromatic carbocycles. The molecule has 0 bridgehead atoms. The molecule has 0 radical (unpaired) electrons. The number of amides is 2. The third-order valence-corrected chi connectivity index (χ3v) is 4.92. The molecule has 146 valence electrons. The maximum absolute atomic E-state index is 12.6. The second kappa shape index (κ2) is 9.39. The van der Waals surface area contributed by atoms with Gasteiger partial charge in [0.05, 0.1) is 6.61 Å². The molecule has 7 nitrogen and oxygen atoms in total. The van der Waals surface area contributed by atoms with Gasteiger partial charge in [0, 0.05) is 44.5 Å². The van der Waals surface area contributed by atoms with Crippen LogP contribution in [0.25, 0.3) is 6.08 Å². The summed E-state index contributed by atoms with van der Waals surface area (Å²) in [5, 5.41) is 3.40. The number of ether oxygens (including phenoxy) is 1. The van der Waals surface area contributed by atoms with Crippen molar-refractivity contribution in [2.24, 2.45) is 0 Å². The summed E-state index contributed by atoms with van der Waals surface area (Å²) in [5.74, 6) is 0.421. The Morgan fingerprint density at radius 3 is 2.74 bits per heavy atom. The van der Waals surface area contributed by atoms with Gasteiger partial charge < -0.3 is 19.9 Å². The fourth-order valence-electron chi connectivity index (χ4n) is 3.49. The standard InChI is InChI=1S/C20H28N4O3/c1-2-27-19(25)9-7-16-6-8-18(21-14-16)22-17-10-13-24(15-17)20(26)23-11-4-3-5-12-23/h6-9,14,17H,2-5,10-13,15H2,1H3,(H,21,22)/b9-7+/t17-/m1/s1. The summed E-state index contributed by atoms with van der Waals surface area (Å²) < 4.78 is 4.85. The van der Waals surface area contributed by atoms with Crippen molar-refractivity contribution < 1.29 is 14.3 Å². The van der Waals surface area contributed by atoms with Crippen LogP contribution < -0.4 is 5.32 Å². The first-order chi connectivity index (χ1) is 13.2. The number of anilines is 1. The summed E-state index contributed by atoms with van der Waals surface area (Å²) >= 11 is 0. The van der Waals surface area contributed by atoms with Crippen LogP contribution >= 0.6 is 0 Å². The lowest BCUT2D eigenvalue weighted by atomic mass is 10.1. The number of hydrogen-bond acceptors (Lipinski definition) is 5. The van der Waals surface area contributed by atoms with Gasteiger partial charge in [-0.3, -0.25) is 0 Å². The molecule has 2 aliphatic rings. The summed E-state index contributed by atoms with van der Waals surface area (Å²) in [5.41, 5.74) is 0.835. The van der Waals surface area contributed by atoms with Gasteiger partial charge in [-0.25, -0.2) is 14.6 Å². The van der Waals surface area contributed by atoms with E-state index >= 15 is 0 Å². The summed E-state index contributed by atoms with van der Waals surface area (Å²) in [6, 6.07) is 4.18. The third-order valence-electron chi connectivity index (χ3n) is 4.92. The van der Waals surface area contributed by atoms with Crippen molar-refractivity contribution in [3.05, 3.63) is 30.0 Å². The smallest absolute Gasteiger partial charge is 0.330 e. The summed E-state index contributed by atoms with van der Waals surface area (Å²) in [7, 11) is 0. The topological polar surface area (TPSA) is 74.8 Å². The van der Waals surface area contributed by atoms with Crippen LogP contribution in [0.15, 0.2) is 24.4 Å². The molecule has 3 heterocycles. The Morgan fingerprint density at radius 2 is 2.04 bits per heavy atom. The molecule has 3 rings (SSSR count). The average Bonchev–Trinajstić information content (AvgIpc) is 3.16. The predicted octanol–water partition coefficient (Wildman–Crippen LogP) is 2.75. The Balaban J connectivity index is 1.48. The molecule has 2 saturated heterocycles. The number of carbonyl (C=O) groups is 2. The van der Waals surface area contributed by atoms with Crippen LogP contribution in [0.1, 0.15) is 38.2 Å². The Morgan fingerprint density at radius 1 is 1.22 bits per heavy atom. The molecule has 2 amide bonds. The largest absolute Gasteiger partial charge is 0.463 e. The van der Waals surface area contributed by atoms with Gasteiger partial charge in [-0.05, 0) is 56.4 Å². The number of pyridine rings is 1. The van der Waals surface area contributed by atoms with Gasteiger partial charge in [-0.1, -0.05) is 0 Å². The van der Waals surface area contributed by atoms with E-state index in [4.69, 9.17) is 4.74 Å². The van der Waals surface area contributed by atoms with E-state index in [9.17, 15) is 9.59 Å². The first kappa shape index (κ1) is 19.2. The maximum Gasteiger partial charge on any atom is 0.330 e. The lowest BCUT2D eigenvalue weighted by Gasteiger charge is -2.31. The zero-order valence-corrected chi connectivity index (χ0v) is 15.9. The van der Waals surface area contributed by atoms with Gasteiger partial charge in [-0.15, -0.1) is 0 Å². The van der Waals surface area contributed by atoms with Crippen molar-refractivity contribution in [2.45, 2.75) is 38.6 Å². The van der Waals surface area contributed by atoms with Gasteiger partial charge in [0.2, 0.25) is 0 Å². The zero-order valence-electron chi connectivity index (χ0n) is 15.9. The normalized spacial score (nSPS) is 20.1. The predicted molar refractivity (Wildman–Crippen MR) is 104 cm³/mol. The highest BCUT2D eigenvalue weighted by atomic mass is 16.5. The molecule has 0 unspecified atom stereocenters. The molecule has 27 heavy (non-hydrogen) atoms. The molecular weight excluding hydrogens is 344 g/mol. The number of aromatic nitrogens is 1. The van der Waals surface area contributed by atoms with Crippen LogP contribution in [0.5, 0.6) is 0 Å². The van der Waals surface area contributed by atoms with Crippen molar-refractivity contribution in [2.75, 3.05) is 38.1 Å². The van der Waals surface area contributed by atoms with Crippen LogP contribution in [0.2, 0.25) is 0 Å². The maximum atomic E-state index is 12.6. The van der Waals surface area contributed by atoms with Crippen molar-refractivity contribution in [1.29, 1.82) is 0 Å².